The second-order valence-electron chi connectivity index (χ2n) is 4.39. The van der Waals surface area contributed by atoms with Crippen LogP contribution in [0, 0.1) is 0 Å². The number of aliphatic carboxylic acids is 1. The lowest BCUT2D eigenvalue weighted by Gasteiger charge is -2.09. The van der Waals surface area contributed by atoms with Gasteiger partial charge in [0.25, 0.3) is 0 Å². The number of nitrogens with zero attached hydrogens (tertiary/aromatic N) is 1. The van der Waals surface area contributed by atoms with Crippen molar-refractivity contribution in [3.05, 3.63) is 52.0 Å². The molecule has 0 radical (unpaired) electrons. The normalized spacial score (nSPS) is 10.9. The van der Waals surface area contributed by atoms with Crippen LogP contribution in [0.4, 0.5) is 0 Å². The summed E-state index contributed by atoms with van der Waals surface area (Å²) in [7, 11) is 0. The molecule has 0 bridgehead atoms. The first-order valence-corrected chi connectivity index (χ1v) is 7.57. The summed E-state index contributed by atoms with van der Waals surface area (Å²) in [6.45, 7) is 2.66. The third-order valence-corrected chi connectivity index (χ3v) is 3.91. The van der Waals surface area contributed by atoms with E-state index in [1.165, 1.54) is 16.9 Å². The minimum absolute atomic E-state index is 0.562. The molecule has 0 aliphatic heterocycles. The number of benzene rings is 1. The molecule has 0 unspecified atom stereocenters. The molecule has 0 saturated carbocycles. The Morgan fingerprint density at radius 1 is 1.43 bits per heavy atom. The maximum absolute atomic E-state index is 10.4. The topological polar surface area (TPSA) is 59.4 Å². The van der Waals surface area contributed by atoms with Gasteiger partial charge in [0.2, 0.25) is 0 Å². The van der Waals surface area contributed by atoms with E-state index in [9.17, 15) is 4.79 Å². The zero-order chi connectivity index (χ0) is 15.1. The number of carboxylic acids is 1. The highest BCUT2D eigenvalue weighted by Gasteiger charge is 2.03. The molecule has 0 aliphatic rings. The van der Waals surface area contributed by atoms with Gasteiger partial charge in [0.05, 0.1) is 11.6 Å². The average molecular weight is 303 g/mol. The van der Waals surface area contributed by atoms with Gasteiger partial charge in [-0.05, 0) is 24.1 Å². The van der Waals surface area contributed by atoms with E-state index in [0.717, 1.165) is 28.1 Å². The van der Waals surface area contributed by atoms with Gasteiger partial charge in [0.1, 0.15) is 5.75 Å². The standard InChI is InChI=1S/C16H17NO3S/c1-2-12-5-3-4-6-14(12)20-10-9-15-17-11-13(21-15)7-8-16(18)19/h3-8,11H,2,9-10H2,1H3,(H,18,19)/b8-7+. The molecule has 0 spiro atoms. The van der Waals surface area contributed by atoms with E-state index >= 15 is 0 Å². The van der Waals surface area contributed by atoms with Crippen LogP contribution in [-0.4, -0.2) is 22.7 Å². The Hall–Kier alpha value is -2.14. The average Bonchev–Trinajstić information content (AvgIpc) is 2.93. The van der Waals surface area contributed by atoms with Crippen LogP contribution < -0.4 is 4.74 Å². The first kappa shape index (κ1) is 15.3. The molecule has 4 nitrogen and oxygen atoms in total. The number of carbonyl (C=O) groups is 1. The molecule has 1 N–H and O–H groups in total. The van der Waals surface area contributed by atoms with E-state index in [4.69, 9.17) is 9.84 Å². The van der Waals surface area contributed by atoms with Crippen molar-refractivity contribution in [1.29, 1.82) is 0 Å². The smallest absolute Gasteiger partial charge is 0.328 e. The van der Waals surface area contributed by atoms with Crippen LogP contribution in [0.5, 0.6) is 5.75 Å². The highest BCUT2D eigenvalue weighted by Crippen LogP contribution is 2.19. The van der Waals surface area contributed by atoms with Crippen LogP contribution in [0.2, 0.25) is 0 Å². The molecule has 2 rings (SSSR count). The quantitative estimate of drug-likeness (QED) is 0.796. The summed E-state index contributed by atoms with van der Waals surface area (Å²) < 4.78 is 5.79. The van der Waals surface area contributed by atoms with E-state index in [-0.39, 0.29) is 0 Å². The monoisotopic (exact) mass is 303 g/mol. The number of ether oxygens (including phenoxy) is 1. The summed E-state index contributed by atoms with van der Waals surface area (Å²) in [5, 5.41) is 9.51. The molecule has 5 heteroatoms. The number of hydrogen-bond acceptors (Lipinski definition) is 4. The Kier molecular flexibility index (Phi) is 5.51. The summed E-state index contributed by atoms with van der Waals surface area (Å²) >= 11 is 1.48. The first-order chi connectivity index (χ1) is 10.2. The number of aromatic nitrogens is 1. The lowest BCUT2D eigenvalue weighted by molar-refractivity contribution is -0.131. The fourth-order valence-corrected chi connectivity index (χ4v) is 2.66. The highest BCUT2D eigenvalue weighted by atomic mass is 32.1. The summed E-state index contributed by atoms with van der Waals surface area (Å²) in [6, 6.07) is 8.01. The van der Waals surface area contributed by atoms with Gasteiger partial charge >= 0.3 is 5.97 Å². The molecule has 0 fully saturated rings. The van der Waals surface area contributed by atoms with Gasteiger partial charge in [-0.1, -0.05) is 25.1 Å². The summed E-state index contributed by atoms with van der Waals surface area (Å²) in [5.41, 5.74) is 1.20. The third-order valence-electron chi connectivity index (χ3n) is 2.89. The number of thiazole rings is 1. The van der Waals surface area contributed by atoms with E-state index in [1.807, 2.05) is 18.2 Å². The zero-order valence-corrected chi connectivity index (χ0v) is 12.6. The number of para-hydroxylation sites is 1. The number of rotatable bonds is 7. The van der Waals surface area contributed by atoms with E-state index in [1.54, 1.807) is 12.3 Å². The van der Waals surface area contributed by atoms with Gasteiger partial charge in [-0.3, -0.25) is 0 Å². The lowest BCUT2D eigenvalue weighted by Crippen LogP contribution is -2.02. The van der Waals surface area contributed by atoms with Gasteiger partial charge in [-0.25, -0.2) is 9.78 Å². The molecule has 0 saturated heterocycles. The lowest BCUT2D eigenvalue weighted by atomic mass is 10.1. The van der Waals surface area contributed by atoms with Crippen molar-refractivity contribution in [1.82, 2.24) is 4.98 Å². The minimum Gasteiger partial charge on any atom is -0.493 e. The Balaban J connectivity index is 1.87. The van der Waals surface area contributed by atoms with Crippen molar-refractivity contribution >= 4 is 23.4 Å². The number of hydrogen-bond donors (Lipinski definition) is 1. The van der Waals surface area contributed by atoms with Crippen LogP contribution in [-0.2, 0) is 17.6 Å². The molecular weight excluding hydrogens is 286 g/mol. The van der Waals surface area contributed by atoms with E-state index in [2.05, 4.69) is 18.0 Å². The molecule has 1 aromatic carbocycles. The van der Waals surface area contributed by atoms with Crippen molar-refractivity contribution in [3.63, 3.8) is 0 Å². The molecule has 1 heterocycles. The van der Waals surface area contributed by atoms with Crippen LogP contribution in [0.15, 0.2) is 36.5 Å². The van der Waals surface area contributed by atoms with Crippen LogP contribution in [0.3, 0.4) is 0 Å². The van der Waals surface area contributed by atoms with Gasteiger partial charge in [-0.15, -0.1) is 11.3 Å². The fraction of sp³-hybridized carbons (Fsp3) is 0.250. The second-order valence-corrected chi connectivity index (χ2v) is 5.53. The minimum atomic E-state index is -0.954. The fourth-order valence-electron chi connectivity index (χ4n) is 1.86. The van der Waals surface area contributed by atoms with E-state index < -0.39 is 5.97 Å². The van der Waals surface area contributed by atoms with Crippen molar-refractivity contribution in [2.45, 2.75) is 19.8 Å². The second kappa shape index (κ2) is 7.59. The molecular formula is C16H17NO3S. The van der Waals surface area contributed by atoms with Crippen LogP contribution >= 0.6 is 11.3 Å². The Morgan fingerprint density at radius 3 is 3.00 bits per heavy atom. The van der Waals surface area contributed by atoms with Gasteiger partial charge < -0.3 is 9.84 Å². The predicted molar refractivity (Wildman–Crippen MR) is 83.8 cm³/mol. The highest BCUT2D eigenvalue weighted by molar-refractivity contribution is 7.12. The number of carboxylic acid groups (broad SMARTS) is 1. The maximum atomic E-state index is 10.4. The van der Waals surface area contributed by atoms with Crippen LogP contribution in [0.1, 0.15) is 22.4 Å². The van der Waals surface area contributed by atoms with Gasteiger partial charge in [-0.2, -0.15) is 0 Å². The molecule has 0 aliphatic carbocycles. The third kappa shape index (κ3) is 4.72. The Bertz CT molecular complexity index is 634. The largest absolute Gasteiger partial charge is 0.493 e. The molecule has 0 amide bonds. The van der Waals surface area contributed by atoms with Crippen molar-refractivity contribution in [2.75, 3.05) is 6.61 Å². The molecule has 2 aromatic rings. The zero-order valence-electron chi connectivity index (χ0n) is 11.8. The summed E-state index contributed by atoms with van der Waals surface area (Å²) in [5.74, 6) is -0.0352. The van der Waals surface area contributed by atoms with Crippen molar-refractivity contribution < 1.29 is 14.6 Å². The van der Waals surface area contributed by atoms with Crippen LogP contribution in [0.25, 0.3) is 6.08 Å². The first-order valence-electron chi connectivity index (χ1n) is 6.75. The summed E-state index contributed by atoms with van der Waals surface area (Å²) in [4.78, 5) is 15.5. The molecule has 21 heavy (non-hydrogen) atoms. The molecule has 1 aromatic heterocycles. The number of aryl methyl sites for hydroxylation is 1. The van der Waals surface area contributed by atoms with Crippen molar-refractivity contribution in [2.24, 2.45) is 0 Å². The summed E-state index contributed by atoms with van der Waals surface area (Å²) in [6.07, 6.45) is 6.00. The Labute approximate surface area is 127 Å². The predicted octanol–water partition coefficient (Wildman–Crippen LogP) is 3.42. The SMILES string of the molecule is CCc1ccccc1OCCc1ncc(/C=C/C(=O)O)s1. The van der Waals surface area contributed by atoms with E-state index in [0.29, 0.717) is 13.0 Å². The molecule has 0 atom stereocenters. The molecule has 110 valence electrons. The van der Waals surface area contributed by atoms with Crippen molar-refractivity contribution in [3.8, 4) is 5.75 Å². The van der Waals surface area contributed by atoms with Gasteiger partial charge in [0.15, 0.2) is 0 Å². The van der Waals surface area contributed by atoms with Gasteiger partial charge in [0, 0.05) is 23.6 Å². The maximum Gasteiger partial charge on any atom is 0.328 e. The Morgan fingerprint density at radius 2 is 2.24 bits per heavy atom.